The highest BCUT2D eigenvalue weighted by Gasteiger charge is 2.43. The number of alkyl halides is 6. The molecule has 31 heavy (non-hydrogen) atoms. The van der Waals surface area contributed by atoms with Crippen LogP contribution in [0.25, 0.3) is 0 Å². The van der Waals surface area contributed by atoms with E-state index in [1.807, 2.05) is 0 Å². The first-order valence-corrected chi connectivity index (χ1v) is 9.74. The van der Waals surface area contributed by atoms with E-state index in [1.165, 1.54) is 24.3 Å². The van der Waals surface area contributed by atoms with Crippen LogP contribution in [0.2, 0.25) is 5.02 Å². The Morgan fingerprint density at radius 3 is 2.23 bits per heavy atom. The van der Waals surface area contributed by atoms with Crippen molar-refractivity contribution in [2.45, 2.75) is 31.2 Å². The monoisotopic (exact) mass is 465 g/mol. The third-order valence-corrected chi connectivity index (χ3v) is 5.34. The van der Waals surface area contributed by atoms with Gasteiger partial charge >= 0.3 is 12.4 Å². The minimum atomic E-state index is -4.66. The van der Waals surface area contributed by atoms with Crippen LogP contribution in [0, 0.1) is 5.92 Å². The van der Waals surface area contributed by atoms with Gasteiger partial charge in [-0.15, -0.1) is 0 Å². The molecule has 2 heterocycles. The molecule has 1 aromatic carbocycles. The zero-order chi connectivity index (χ0) is 22.8. The van der Waals surface area contributed by atoms with Gasteiger partial charge in [-0.3, -0.25) is 4.79 Å². The predicted molar refractivity (Wildman–Crippen MR) is 103 cm³/mol. The molecular weight excluding hydrogens is 448 g/mol. The molecule has 3 rings (SSSR count). The summed E-state index contributed by atoms with van der Waals surface area (Å²) < 4.78 is 78.6. The molecular formula is C20H18ClF6N3O. The van der Waals surface area contributed by atoms with E-state index in [1.54, 1.807) is 11.0 Å². The van der Waals surface area contributed by atoms with Crippen molar-refractivity contribution in [3.05, 3.63) is 58.7 Å². The molecule has 1 amide bonds. The molecule has 168 valence electrons. The molecule has 0 spiro atoms. The van der Waals surface area contributed by atoms with Crippen LogP contribution in [0.4, 0.5) is 32.2 Å². The zero-order valence-corrected chi connectivity index (χ0v) is 16.7. The van der Waals surface area contributed by atoms with Gasteiger partial charge in [-0.1, -0.05) is 41.9 Å². The van der Waals surface area contributed by atoms with Crippen molar-refractivity contribution in [3.63, 3.8) is 0 Å². The van der Waals surface area contributed by atoms with Crippen molar-refractivity contribution in [3.8, 4) is 0 Å². The topological polar surface area (TPSA) is 45.2 Å². The Kier molecular flexibility index (Phi) is 6.68. The first kappa shape index (κ1) is 23.2. The maximum absolute atomic E-state index is 13.5. The van der Waals surface area contributed by atoms with Crippen molar-refractivity contribution in [2.24, 2.45) is 5.92 Å². The second-order valence-corrected chi connectivity index (χ2v) is 7.59. The summed E-state index contributed by atoms with van der Waals surface area (Å²) in [5, 5.41) is 1.90. The lowest BCUT2D eigenvalue weighted by molar-refractivity contribution is -0.164. The summed E-state index contributed by atoms with van der Waals surface area (Å²) >= 11 is 5.95. The SMILES string of the molecule is O=C(NC(c1ccccc1)C(F)(F)F)C1CCN(c2ncc(C(F)(F)F)cc2Cl)CC1. The van der Waals surface area contributed by atoms with Gasteiger partial charge in [0.05, 0.1) is 10.6 Å². The Morgan fingerprint density at radius 2 is 1.71 bits per heavy atom. The van der Waals surface area contributed by atoms with Gasteiger partial charge in [-0.25, -0.2) is 4.98 Å². The average molecular weight is 466 g/mol. The average Bonchev–Trinajstić information content (AvgIpc) is 2.71. The lowest BCUT2D eigenvalue weighted by Gasteiger charge is -2.33. The van der Waals surface area contributed by atoms with Crippen molar-refractivity contribution < 1.29 is 31.1 Å². The van der Waals surface area contributed by atoms with E-state index >= 15 is 0 Å². The number of pyridine rings is 1. The van der Waals surface area contributed by atoms with Crippen molar-refractivity contribution in [2.75, 3.05) is 18.0 Å². The van der Waals surface area contributed by atoms with Crippen LogP contribution in [0.5, 0.6) is 0 Å². The number of nitrogens with zero attached hydrogens (tertiary/aromatic N) is 2. The Hall–Kier alpha value is -2.49. The molecule has 0 saturated carbocycles. The number of nitrogens with one attached hydrogen (secondary N) is 1. The Morgan fingerprint density at radius 1 is 1.10 bits per heavy atom. The first-order valence-electron chi connectivity index (χ1n) is 9.36. The molecule has 1 aromatic heterocycles. The third-order valence-electron chi connectivity index (χ3n) is 5.06. The molecule has 0 bridgehead atoms. The fourth-order valence-electron chi connectivity index (χ4n) is 3.43. The van der Waals surface area contributed by atoms with Gasteiger partial charge in [-0.2, -0.15) is 26.3 Å². The molecule has 4 nitrogen and oxygen atoms in total. The van der Waals surface area contributed by atoms with Crippen LogP contribution in [0.3, 0.4) is 0 Å². The summed E-state index contributed by atoms with van der Waals surface area (Å²) in [7, 11) is 0. The normalized spacial score (nSPS) is 16.8. The number of anilines is 1. The van der Waals surface area contributed by atoms with E-state index < -0.39 is 35.8 Å². The lowest BCUT2D eigenvalue weighted by Crippen LogP contribution is -2.45. The first-order chi connectivity index (χ1) is 14.5. The van der Waals surface area contributed by atoms with E-state index in [-0.39, 0.29) is 42.3 Å². The molecule has 1 atom stereocenters. The summed E-state index contributed by atoms with van der Waals surface area (Å²) in [6.45, 7) is 0.441. The number of carbonyl (C=O) groups excluding carboxylic acids is 1. The number of carbonyl (C=O) groups is 1. The minimum absolute atomic E-state index is 0.0680. The Bertz CT molecular complexity index is 911. The molecule has 1 aliphatic rings. The standard InChI is InChI=1S/C20H18ClF6N3O/c21-15-10-14(19(22,23)24)11-28-17(15)30-8-6-13(7-9-30)18(31)29-16(20(25,26)27)12-4-2-1-3-5-12/h1-5,10-11,13,16H,6-9H2,(H,29,31). The highest BCUT2D eigenvalue weighted by molar-refractivity contribution is 6.33. The number of benzene rings is 1. The van der Waals surface area contributed by atoms with Crippen LogP contribution in [-0.4, -0.2) is 30.2 Å². The second-order valence-electron chi connectivity index (χ2n) is 7.18. The van der Waals surface area contributed by atoms with Crippen LogP contribution in [-0.2, 0) is 11.0 Å². The van der Waals surface area contributed by atoms with Crippen LogP contribution >= 0.6 is 11.6 Å². The van der Waals surface area contributed by atoms with Crippen LogP contribution in [0.15, 0.2) is 42.6 Å². The third kappa shape index (κ3) is 5.61. The lowest BCUT2D eigenvalue weighted by atomic mass is 9.95. The fraction of sp³-hybridized carbons (Fsp3) is 0.400. The van der Waals surface area contributed by atoms with E-state index in [0.717, 1.165) is 6.07 Å². The van der Waals surface area contributed by atoms with E-state index in [9.17, 15) is 31.1 Å². The summed E-state index contributed by atoms with van der Waals surface area (Å²) in [6, 6.07) is 5.73. The maximum Gasteiger partial charge on any atom is 0.417 e. The number of hydrogen-bond acceptors (Lipinski definition) is 3. The predicted octanol–water partition coefficient (Wildman–Crippen LogP) is 5.39. The van der Waals surface area contributed by atoms with Crippen molar-refractivity contribution in [1.29, 1.82) is 0 Å². The Balaban J connectivity index is 1.64. The summed E-state index contributed by atoms with van der Waals surface area (Å²) in [5.41, 5.74) is -1.05. The molecule has 1 N–H and O–H groups in total. The molecule has 1 aliphatic heterocycles. The molecule has 0 aliphatic carbocycles. The second kappa shape index (κ2) is 8.94. The highest BCUT2D eigenvalue weighted by Crippen LogP contribution is 2.36. The molecule has 11 heteroatoms. The molecule has 2 aromatic rings. The van der Waals surface area contributed by atoms with Crippen molar-refractivity contribution >= 4 is 23.3 Å². The van der Waals surface area contributed by atoms with Gasteiger partial charge in [0.1, 0.15) is 5.82 Å². The quantitative estimate of drug-likeness (QED) is 0.616. The molecule has 0 radical (unpaired) electrons. The van der Waals surface area contributed by atoms with Gasteiger partial charge < -0.3 is 10.2 Å². The number of rotatable bonds is 4. The van der Waals surface area contributed by atoms with Gasteiger partial charge in [-0.05, 0) is 24.5 Å². The fourth-order valence-corrected chi connectivity index (χ4v) is 3.72. The van der Waals surface area contributed by atoms with Gasteiger partial charge in [0.15, 0.2) is 6.04 Å². The number of hydrogen-bond donors (Lipinski definition) is 1. The number of amides is 1. The van der Waals surface area contributed by atoms with Crippen molar-refractivity contribution in [1.82, 2.24) is 10.3 Å². The van der Waals surface area contributed by atoms with E-state index in [4.69, 9.17) is 11.6 Å². The van der Waals surface area contributed by atoms with Gasteiger partial charge in [0.2, 0.25) is 5.91 Å². The van der Waals surface area contributed by atoms with Crippen LogP contribution in [0.1, 0.15) is 30.0 Å². The molecule has 1 unspecified atom stereocenters. The number of halogens is 7. The van der Waals surface area contributed by atoms with Gasteiger partial charge in [0.25, 0.3) is 0 Å². The largest absolute Gasteiger partial charge is 0.417 e. The zero-order valence-electron chi connectivity index (χ0n) is 16.0. The Labute approximate surface area is 179 Å². The smallest absolute Gasteiger partial charge is 0.355 e. The summed E-state index contributed by atoms with van der Waals surface area (Å²) in [4.78, 5) is 17.9. The number of piperidine rings is 1. The molecule has 1 fully saturated rings. The summed E-state index contributed by atoms with van der Waals surface area (Å²) in [5.74, 6) is -1.25. The maximum atomic E-state index is 13.5. The highest BCUT2D eigenvalue weighted by atomic mass is 35.5. The van der Waals surface area contributed by atoms with Crippen LogP contribution < -0.4 is 10.2 Å². The molecule has 1 saturated heterocycles. The van der Waals surface area contributed by atoms with Gasteiger partial charge in [0, 0.05) is 25.2 Å². The summed E-state index contributed by atoms with van der Waals surface area (Å²) in [6.07, 6.45) is -8.13. The van der Waals surface area contributed by atoms with E-state index in [0.29, 0.717) is 6.20 Å². The number of aromatic nitrogens is 1. The van der Waals surface area contributed by atoms with E-state index in [2.05, 4.69) is 10.3 Å². The minimum Gasteiger partial charge on any atom is -0.355 e.